The first kappa shape index (κ1) is 72.7. The van der Waals surface area contributed by atoms with Crippen LogP contribution in [-0.4, -0.2) is 82.3 Å². The number of carboxylic acids is 1. The fourth-order valence-electron chi connectivity index (χ4n) is 8.89. The molecule has 0 N–H and O–H groups in total. The number of carboxylic acid groups (broad SMARTS) is 1. The molecule has 0 amide bonds. The minimum atomic E-state index is -1.62. The fraction of sp³-hybridized carbons (Fsp3) is 0.776. The smallest absolute Gasteiger partial charge is 0.306 e. The molecule has 0 aromatic carbocycles. The van der Waals surface area contributed by atoms with Gasteiger partial charge in [0.05, 0.1) is 40.3 Å². The number of esters is 2. The maximum atomic E-state index is 12.9. The van der Waals surface area contributed by atoms with Gasteiger partial charge in [-0.05, 0) is 64.2 Å². The molecule has 0 heterocycles. The SMILES string of the molecule is CC/C=C\C/C=C\C/C=C\C/C=C\C/C=C\C/C=C\CCCCCCCCCCCCCCC(=O)OC(COC(=O)CCCCCCCCCCCCCCCCCCCCCC)COC(OCC[N+](C)(C)C)C(=O)[O-]. The molecule has 9 nitrogen and oxygen atoms in total. The summed E-state index contributed by atoms with van der Waals surface area (Å²) in [6.07, 6.45) is 72.4. The first-order chi connectivity index (χ1) is 37.1. The Labute approximate surface area is 468 Å². The number of ether oxygens (including phenoxy) is 4. The van der Waals surface area contributed by atoms with Crippen LogP contribution in [0.4, 0.5) is 0 Å². The molecular weight excluding hydrogens is 947 g/mol. The average Bonchev–Trinajstić information content (AvgIpc) is 3.39. The highest BCUT2D eigenvalue weighted by Crippen LogP contribution is 2.17. The van der Waals surface area contributed by atoms with Gasteiger partial charge in [0.15, 0.2) is 12.4 Å². The van der Waals surface area contributed by atoms with Gasteiger partial charge in [-0.25, -0.2) is 0 Å². The predicted octanol–water partition coefficient (Wildman–Crippen LogP) is 17.6. The van der Waals surface area contributed by atoms with Gasteiger partial charge in [-0.3, -0.25) is 9.59 Å². The van der Waals surface area contributed by atoms with Crippen molar-refractivity contribution in [1.82, 2.24) is 0 Å². The van der Waals surface area contributed by atoms with Crippen LogP contribution in [-0.2, 0) is 33.3 Å². The highest BCUT2D eigenvalue weighted by molar-refractivity contribution is 5.70. The molecule has 0 spiro atoms. The Morgan fingerprint density at radius 3 is 1.12 bits per heavy atom. The number of carbonyl (C=O) groups is 3. The zero-order chi connectivity index (χ0) is 55.5. The number of quaternary nitrogens is 1. The van der Waals surface area contributed by atoms with Crippen LogP contribution in [0.25, 0.3) is 0 Å². The number of unbranched alkanes of at least 4 members (excludes halogenated alkanes) is 31. The van der Waals surface area contributed by atoms with E-state index in [2.05, 4.69) is 86.8 Å². The van der Waals surface area contributed by atoms with Gasteiger partial charge in [0.25, 0.3) is 0 Å². The van der Waals surface area contributed by atoms with E-state index in [-0.39, 0.29) is 32.2 Å². The summed E-state index contributed by atoms with van der Waals surface area (Å²) in [6.45, 7) is 4.67. The molecular formula is C67H119NO8. The molecule has 2 atom stereocenters. The lowest BCUT2D eigenvalue weighted by Crippen LogP contribution is -2.44. The van der Waals surface area contributed by atoms with Crippen LogP contribution in [0.3, 0.4) is 0 Å². The van der Waals surface area contributed by atoms with Gasteiger partial charge in [-0.2, -0.15) is 0 Å². The Bertz CT molecular complexity index is 1470. The summed E-state index contributed by atoms with van der Waals surface area (Å²) in [5, 5.41) is 11.8. The molecule has 0 aromatic heterocycles. The van der Waals surface area contributed by atoms with Crippen LogP contribution < -0.4 is 5.11 Å². The van der Waals surface area contributed by atoms with Crippen molar-refractivity contribution in [3.8, 4) is 0 Å². The van der Waals surface area contributed by atoms with Gasteiger partial charge in [0.2, 0.25) is 0 Å². The Kier molecular flexibility index (Phi) is 55.4. The summed E-state index contributed by atoms with van der Waals surface area (Å²) in [7, 11) is 5.93. The number of allylic oxidation sites excluding steroid dienone is 12. The van der Waals surface area contributed by atoms with Crippen LogP contribution in [0.5, 0.6) is 0 Å². The number of hydrogen-bond donors (Lipinski definition) is 0. The minimum Gasteiger partial charge on any atom is -0.545 e. The van der Waals surface area contributed by atoms with Crippen LogP contribution in [0.15, 0.2) is 72.9 Å². The lowest BCUT2D eigenvalue weighted by atomic mass is 10.0. The van der Waals surface area contributed by atoms with Crippen LogP contribution in [0.2, 0.25) is 0 Å². The van der Waals surface area contributed by atoms with Crippen molar-refractivity contribution in [2.45, 2.75) is 289 Å². The lowest BCUT2D eigenvalue weighted by Gasteiger charge is -2.26. The van der Waals surface area contributed by atoms with Crippen molar-refractivity contribution < 1.29 is 42.9 Å². The highest BCUT2D eigenvalue weighted by atomic mass is 16.7. The molecule has 2 unspecified atom stereocenters. The number of aliphatic carboxylic acids is 1. The number of rotatable bonds is 58. The first-order valence-corrected chi connectivity index (χ1v) is 31.6. The highest BCUT2D eigenvalue weighted by Gasteiger charge is 2.22. The van der Waals surface area contributed by atoms with Crippen molar-refractivity contribution in [1.29, 1.82) is 0 Å². The standard InChI is InChI=1S/C67H119NO8/c1-6-8-10-12-14-16-18-20-22-24-26-28-29-30-31-32-33-34-35-36-37-38-40-42-44-46-48-50-52-54-56-58-65(70)76-63(62-75-67(66(71)72)73-60-59-68(3,4)5)61-74-64(69)57-55-53-51-49-47-45-43-41-39-27-25-23-21-19-17-15-13-11-9-7-2/h8,10,14,16,20,22,26,28,30-31,33-34,63,67H,6-7,9,11-13,15,17-19,21,23-25,27,29,32,35-62H2,1-5H3/b10-8-,16-14-,22-20-,28-26-,31-30-,34-33-. The van der Waals surface area contributed by atoms with Crippen molar-refractivity contribution in [3.63, 3.8) is 0 Å². The quantitative estimate of drug-likeness (QED) is 0.0195. The third-order valence-electron chi connectivity index (χ3n) is 13.7. The Hall–Kier alpha value is -3.27. The summed E-state index contributed by atoms with van der Waals surface area (Å²) < 4.78 is 22.8. The number of carbonyl (C=O) groups excluding carboxylic acids is 3. The molecule has 9 heteroatoms. The number of likely N-dealkylation sites (N-methyl/N-ethyl adjacent to an activating group) is 1. The van der Waals surface area contributed by atoms with Gasteiger partial charge in [0.1, 0.15) is 13.2 Å². The topological polar surface area (TPSA) is 111 Å². The molecule has 0 saturated carbocycles. The van der Waals surface area contributed by atoms with E-state index in [4.69, 9.17) is 18.9 Å². The van der Waals surface area contributed by atoms with Gasteiger partial charge in [0, 0.05) is 12.8 Å². The van der Waals surface area contributed by atoms with Crippen molar-refractivity contribution in [2.75, 3.05) is 47.5 Å². The van der Waals surface area contributed by atoms with E-state index in [1.165, 1.54) is 167 Å². The summed E-state index contributed by atoms with van der Waals surface area (Å²) in [4.78, 5) is 37.4. The molecule has 0 aliphatic heterocycles. The van der Waals surface area contributed by atoms with E-state index in [1.807, 2.05) is 21.1 Å². The second kappa shape index (κ2) is 57.9. The Balaban J connectivity index is 4.17. The molecule has 0 bridgehead atoms. The molecule has 0 radical (unpaired) electrons. The van der Waals surface area contributed by atoms with Crippen LogP contribution in [0, 0.1) is 0 Å². The fourth-order valence-corrected chi connectivity index (χ4v) is 8.89. The molecule has 0 aliphatic carbocycles. The third kappa shape index (κ3) is 58.4. The maximum Gasteiger partial charge on any atom is 0.306 e. The molecule has 0 fully saturated rings. The third-order valence-corrected chi connectivity index (χ3v) is 13.7. The predicted molar refractivity (Wildman–Crippen MR) is 320 cm³/mol. The van der Waals surface area contributed by atoms with E-state index < -0.39 is 24.3 Å². The molecule has 440 valence electrons. The average molecular weight is 1070 g/mol. The molecule has 0 rings (SSSR count). The summed E-state index contributed by atoms with van der Waals surface area (Å²) in [5.74, 6) is -2.27. The maximum absolute atomic E-state index is 12.9. The van der Waals surface area contributed by atoms with Crippen molar-refractivity contribution >= 4 is 17.9 Å². The molecule has 0 saturated heterocycles. The van der Waals surface area contributed by atoms with Gasteiger partial charge in [-0.1, -0.05) is 273 Å². The first-order valence-electron chi connectivity index (χ1n) is 31.6. The summed E-state index contributed by atoms with van der Waals surface area (Å²) >= 11 is 0. The zero-order valence-corrected chi connectivity index (χ0v) is 50.1. The number of hydrogen-bond acceptors (Lipinski definition) is 8. The second-order valence-electron chi connectivity index (χ2n) is 22.3. The van der Waals surface area contributed by atoms with Crippen LogP contribution in [0.1, 0.15) is 277 Å². The van der Waals surface area contributed by atoms with Crippen LogP contribution >= 0.6 is 0 Å². The monoisotopic (exact) mass is 1070 g/mol. The molecule has 0 aliphatic rings. The van der Waals surface area contributed by atoms with E-state index in [1.54, 1.807) is 0 Å². The largest absolute Gasteiger partial charge is 0.545 e. The van der Waals surface area contributed by atoms with Gasteiger partial charge >= 0.3 is 11.9 Å². The van der Waals surface area contributed by atoms with E-state index in [9.17, 15) is 19.5 Å². The van der Waals surface area contributed by atoms with Gasteiger partial charge in [-0.15, -0.1) is 0 Å². The summed E-state index contributed by atoms with van der Waals surface area (Å²) in [6, 6.07) is 0. The minimum absolute atomic E-state index is 0.147. The second-order valence-corrected chi connectivity index (χ2v) is 22.3. The summed E-state index contributed by atoms with van der Waals surface area (Å²) in [5.41, 5.74) is 0. The molecule has 0 aromatic rings. The van der Waals surface area contributed by atoms with Crippen molar-refractivity contribution in [3.05, 3.63) is 72.9 Å². The zero-order valence-electron chi connectivity index (χ0n) is 50.1. The van der Waals surface area contributed by atoms with E-state index in [0.717, 1.165) is 77.0 Å². The Morgan fingerprint density at radius 2 is 0.750 bits per heavy atom. The van der Waals surface area contributed by atoms with E-state index >= 15 is 0 Å². The molecule has 76 heavy (non-hydrogen) atoms. The van der Waals surface area contributed by atoms with Crippen molar-refractivity contribution in [2.24, 2.45) is 0 Å². The Morgan fingerprint density at radius 1 is 0.408 bits per heavy atom. The number of nitrogens with zero attached hydrogens (tertiary/aromatic N) is 1. The van der Waals surface area contributed by atoms with E-state index in [0.29, 0.717) is 23.9 Å². The normalized spacial score (nSPS) is 13.2. The van der Waals surface area contributed by atoms with Gasteiger partial charge < -0.3 is 33.3 Å². The lowest BCUT2D eigenvalue weighted by molar-refractivity contribution is -0.870.